The molecule has 16 heavy (non-hydrogen) atoms. The van der Waals surface area contributed by atoms with Gasteiger partial charge >= 0.3 is 5.97 Å². The Bertz CT molecular complexity index is 387. The average molecular weight is 217 g/mol. The highest BCUT2D eigenvalue weighted by atomic mass is 16.5. The van der Waals surface area contributed by atoms with E-state index in [9.17, 15) is 4.79 Å². The summed E-state index contributed by atoms with van der Waals surface area (Å²) < 4.78 is 5.10. The van der Waals surface area contributed by atoms with Gasteiger partial charge in [-0.2, -0.15) is 0 Å². The van der Waals surface area contributed by atoms with Crippen LogP contribution in [0.4, 0.5) is 5.69 Å². The third kappa shape index (κ3) is 3.74. The van der Waals surface area contributed by atoms with Gasteiger partial charge in [-0.25, -0.2) is 9.64 Å². The Kier molecular flexibility index (Phi) is 4.53. The Morgan fingerprint density at radius 1 is 1.38 bits per heavy atom. The van der Waals surface area contributed by atoms with Crippen LogP contribution in [0.5, 0.6) is 0 Å². The third-order valence-electron chi connectivity index (χ3n) is 2.16. The molecule has 1 aromatic carbocycles. The smallest absolute Gasteiger partial charge is 0.338 e. The van der Waals surface area contributed by atoms with E-state index in [1.165, 1.54) is 0 Å². The van der Waals surface area contributed by atoms with Gasteiger partial charge in [-0.3, -0.25) is 0 Å². The molecule has 0 saturated heterocycles. The van der Waals surface area contributed by atoms with Gasteiger partial charge in [0.25, 0.3) is 0 Å². The topological polar surface area (TPSA) is 30.7 Å². The maximum Gasteiger partial charge on any atom is 0.338 e. The van der Waals surface area contributed by atoms with Gasteiger partial charge < -0.3 is 4.74 Å². The van der Waals surface area contributed by atoms with Gasteiger partial charge in [0.1, 0.15) is 0 Å². The van der Waals surface area contributed by atoms with Gasteiger partial charge in [-0.1, -0.05) is 38.1 Å². The molecule has 0 fully saturated rings. The molecule has 1 rings (SSSR count). The minimum absolute atomic E-state index is 0.322. The molecule has 0 saturated carbocycles. The first-order valence-corrected chi connectivity index (χ1v) is 5.28. The van der Waals surface area contributed by atoms with Crippen LogP contribution >= 0.6 is 0 Å². The van der Waals surface area contributed by atoms with E-state index in [1.807, 2.05) is 0 Å². The van der Waals surface area contributed by atoms with Crippen molar-refractivity contribution in [2.75, 3.05) is 6.61 Å². The predicted octanol–water partition coefficient (Wildman–Crippen LogP) is 3.44. The Labute approximate surface area is 95.9 Å². The molecule has 0 N–H and O–H groups in total. The summed E-state index contributed by atoms with van der Waals surface area (Å²) in [5.41, 5.74) is 1.02. The van der Waals surface area contributed by atoms with Crippen molar-refractivity contribution in [3.63, 3.8) is 0 Å². The van der Waals surface area contributed by atoms with E-state index in [4.69, 9.17) is 11.3 Å². The molecule has 0 aliphatic rings. The molecule has 0 bridgehead atoms. The van der Waals surface area contributed by atoms with Gasteiger partial charge in [0, 0.05) is 0 Å². The fourth-order valence-corrected chi connectivity index (χ4v) is 1.14. The van der Waals surface area contributed by atoms with Gasteiger partial charge in [-0.05, 0) is 12.3 Å². The lowest BCUT2D eigenvalue weighted by atomic mass is 10.1. The summed E-state index contributed by atoms with van der Waals surface area (Å²) >= 11 is 0. The molecule has 0 unspecified atom stereocenters. The SMILES string of the molecule is [C-]#[N+]c1ccc(C(=O)OCCC(C)C)cc1. The second-order valence-electron chi connectivity index (χ2n) is 3.98. The van der Waals surface area contributed by atoms with E-state index in [0.29, 0.717) is 23.8 Å². The van der Waals surface area contributed by atoms with Crippen molar-refractivity contribution in [3.8, 4) is 0 Å². The molecule has 84 valence electrons. The fourth-order valence-electron chi connectivity index (χ4n) is 1.14. The monoisotopic (exact) mass is 217 g/mol. The highest BCUT2D eigenvalue weighted by Crippen LogP contribution is 2.13. The number of carbonyl (C=O) groups excluding carboxylic acids is 1. The lowest BCUT2D eigenvalue weighted by molar-refractivity contribution is 0.0488. The number of esters is 1. The molecule has 3 heteroatoms. The van der Waals surface area contributed by atoms with E-state index in [2.05, 4.69) is 18.7 Å². The van der Waals surface area contributed by atoms with Crippen molar-refractivity contribution in [1.29, 1.82) is 0 Å². The molecule has 0 heterocycles. The van der Waals surface area contributed by atoms with Gasteiger partial charge in [0.2, 0.25) is 0 Å². The van der Waals surface area contributed by atoms with Crippen molar-refractivity contribution >= 4 is 11.7 Å². The highest BCUT2D eigenvalue weighted by Gasteiger charge is 2.06. The summed E-state index contributed by atoms with van der Waals surface area (Å²) in [6, 6.07) is 6.47. The fraction of sp³-hybridized carbons (Fsp3) is 0.385. The Hall–Kier alpha value is -1.82. The second-order valence-corrected chi connectivity index (χ2v) is 3.98. The number of ether oxygens (including phenoxy) is 1. The van der Waals surface area contributed by atoms with Crippen LogP contribution in [0, 0.1) is 12.5 Å². The van der Waals surface area contributed by atoms with Crippen molar-refractivity contribution in [2.24, 2.45) is 5.92 Å². The normalized spacial score (nSPS) is 9.88. The zero-order valence-corrected chi connectivity index (χ0v) is 9.56. The standard InChI is InChI=1S/C13H15NO2/c1-10(2)8-9-16-13(15)11-4-6-12(14-3)7-5-11/h4-7,10H,8-9H2,1-2H3. The predicted molar refractivity (Wildman–Crippen MR) is 62.4 cm³/mol. The largest absolute Gasteiger partial charge is 0.462 e. The van der Waals surface area contributed by atoms with Crippen LogP contribution in [0.1, 0.15) is 30.6 Å². The molecule has 3 nitrogen and oxygen atoms in total. The van der Waals surface area contributed by atoms with Crippen LogP contribution in [0.3, 0.4) is 0 Å². The maximum absolute atomic E-state index is 11.5. The molecule has 0 spiro atoms. The Morgan fingerprint density at radius 3 is 2.50 bits per heavy atom. The van der Waals surface area contributed by atoms with Gasteiger partial charge in [0.15, 0.2) is 5.69 Å². The van der Waals surface area contributed by atoms with Crippen LogP contribution in [0.2, 0.25) is 0 Å². The van der Waals surface area contributed by atoms with E-state index in [-0.39, 0.29) is 5.97 Å². The molecule has 0 aliphatic heterocycles. The van der Waals surface area contributed by atoms with Crippen LogP contribution in [-0.2, 0) is 4.74 Å². The zero-order chi connectivity index (χ0) is 12.0. The summed E-state index contributed by atoms with van der Waals surface area (Å²) in [7, 11) is 0. The summed E-state index contributed by atoms with van der Waals surface area (Å²) in [6.07, 6.45) is 0.867. The van der Waals surface area contributed by atoms with E-state index >= 15 is 0 Å². The number of carbonyl (C=O) groups is 1. The zero-order valence-electron chi connectivity index (χ0n) is 9.56. The summed E-state index contributed by atoms with van der Waals surface area (Å²) in [5.74, 6) is 0.203. The number of hydrogen-bond acceptors (Lipinski definition) is 2. The molecule has 0 radical (unpaired) electrons. The quantitative estimate of drug-likeness (QED) is 0.571. The number of benzene rings is 1. The average Bonchev–Trinajstić information content (AvgIpc) is 2.28. The van der Waals surface area contributed by atoms with Crippen molar-refractivity contribution in [2.45, 2.75) is 20.3 Å². The van der Waals surface area contributed by atoms with E-state index < -0.39 is 0 Å². The molecular weight excluding hydrogens is 202 g/mol. The van der Waals surface area contributed by atoms with Crippen LogP contribution < -0.4 is 0 Å². The summed E-state index contributed by atoms with van der Waals surface area (Å²) in [4.78, 5) is 14.8. The first-order chi connectivity index (χ1) is 7.63. The highest BCUT2D eigenvalue weighted by molar-refractivity contribution is 5.89. The molecule has 0 amide bonds. The molecular formula is C13H15NO2. The third-order valence-corrected chi connectivity index (χ3v) is 2.16. The second kappa shape index (κ2) is 5.92. The maximum atomic E-state index is 11.5. The Balaban J connectivity index is 2.50. The number of hydrogen-bond donors (Lipinski definition) is 0. The van der Waals surface area contributed by atoms with Crippen LogP contribution in [0.25, 0.3) is 4.85 Å². The number of rotatable bonds is 4. The van der Waals surface area contributed by atoms with Gasteiger partial charge in [-0.15, -0.1) is 0 Å². The first kappa shape index (κ1) is 12.3. The van der Waals surface area contributed by atoms with E-state index in [1.54, 1.807) is 24.3 Å². The minimum Gasteiger partial charge on any atom is -0.462 e. The van der Waals surface area contributed by atoms with Gasteiger partial charge in [0.05, 0.1) is 18.7 Å². The van der Waals surface area contributed by atoms with Crippen LogP contribution in [-0.4, -0.2) is 12.6 Å². The Morgan fingerprint density at radius 2 is 2.00 bits per heavy atom. The number of nitrogens with zero attached hydrogens (tertiary/aromatic N) is 1. The molecule has 1 aromatic rings. The first-order valence-electron chi connectivity index (χ1n) is 5.28. The van der Waals surface area contributed by atoms with Crippen molar-refractivity contribution in [3.05, 3.63) is 41.2 Å². The van der Waals surface area contributed by atoms with E-state index in [0.717, 1.165) is 6.42 Å². The molecule has 0 atom stereocenters. The van der Waals surface area contributed by atoms with Crippen molar-refractivity contribution in [1.82, 2.24) is 0 Å². The lowest BCUT2D eigenvalue weighted by Gasteiger charge is -2.06. The minimum atomic E-state index is -0.322. The van der Waals surface area contributed by atoms with Crippen LogP contribution in [0.15, 0.2) is 24.3 Å². The summed E-state index contributed by atoms with van der Waals surface area (Å²) in [6.45, 7) is 11.4. The molecule has 0 aromatic heterocycles. The lowest BCUT2D eigenvalue weighted by Crippen LogP contribution is -2.07. The summed E-state index contributed by atoms with van der Waals surface area (Å²) in [5, 5.41) is 0. The molecule has 0 aliphatic carbocycles. The van der Waals surface area contributed by atoms with Crippen molar-refractivity contribution < 1.29 is 9.53 Å².